The summed E-state index contributed by atoms with van der Waals surface area (Å²) in [4.78, 5) is 10.8. The van der Waals surface area contributed by atoms with Crippen LogP contribution in [0, 0.1) is 0 Å². The van der Waals surface area contributed by atoms with E-state index < -0.39 is 12.2 Å². The highest BCUT2D eigenvalue weighted by molar-refractivity contribution is 5.83. The van der Waals surface area contributed by atoms with Gasteiger partial charge < -0.3 is 29.2 Å². The normalized spacial score (nSPS) is 14.4. The molecule has 0 heterocycles. The minimum atomic E-state index is -1.03. The van der Waals surface area contributed by atoms with Gasteiger partial charge in [0.1, 0.15) is 43.5 Å². The van der Waals surface area contributed by atoms with Gasteiger partial charge in [-0.05, 0) is 50.6 Å². The van der Waals surface area contributed by atoms with Gasteiger partial charge in [-0.25, -0.2) is 0 Å². The Morgan fingerprint density at radius 3 is 1.32 bits per heavy atom. The van der Waals surface area contributed by atoms with Crippen LogP contribution in [0.15, 0.2) is 109 Å². The van der Waals surface area contributed by atoms with E-state index in [0.717, 1.165) is 22.3 Å². The van der Waals surface area contributed by atoms with E-state index >= 15 is 0 Å². The highest BCUT2D eigenvalue weighted by Crippen LogP contribution is 2.54. The molecule has 5 aromatic rings. The van der Waals surface area contributed by atoms with Crippen molar-refractivity contribution in [3.05, 3.63) is 143 Å². The van der Waals surface area contributed by atoms with Crippen LogP contribution in [0.3, 0.4) is 0 Å². The lowest BCUT2D eigenvalue weighted by Crippen LogP contribution is -2.24. The van der Waals surface area contributed by atoms with Crippen molar-refractivity contribution in [2.75, 3.05) is 33.5 Å². The van der Waals surface area contributed by atoms with Crippen LogP contribution < -0.4 is 9.47 Å². The molecule has 2 unspecified atom stereocenters. The van der Waals surface area contributed by atoms with Crippen molar-refractivity contribution in [1.29, 1.82) is 0 Å². The lowest BCUT2D eigenvalue weighted by Gasteiger charge is -2.26. The molecule has 0 bridgehead atoms. The van der Waals surface area contributed by atoms with E-state index in [2.05, 4.69) is 103 Å². The van der Waals surface area contributed by atoms with Gasteiger partial charge in [-0.15, -0.1) is 0 Å². The SMILES string of the molecule is COCC(O)COc1cc(OCC(O)COC=O)c(C2c3ccccc3-c3ccccc32)cc1C1c2ccccc2-c2ccccc21. The van der Waals surface area contributed by atoms with Crippen LogP contribution in [-0.2, 0) is 14.3 Å². The summed E-state index contributed by atoms with van der Waals surface area (Å²) in [5.41, 5.74) is 11.2. The van der Waals surface area contributed by atoms with Crippen LogP contribution in [0.5, 0.6) is 11.5 Å². The third-order valence-electron chi connectivity index (χ3n) is 9.01. The maximum absolute atomic E-state index is 10.8. The number of hydrogen-bond donors (Lipinski definition) is 2. The Morgan fingerprint density at radius 1 is 0.553 bits per heavy atom. The summed E-state index contributed by atoms with van der Waals surface area (Å²) in [5.74, 6) is 0.808. The highest BCUT2D eigenvalue weighted by atomic mass is 16.5. The number of carbonyl (C=O) groups is 1. The second kappa shape index (κ2) is 13.4. The number of aliphatic hydroxyl groups excluding tert-OH is 2. The molecule has 0 aliphatic heterocycles. The standard InChI is InChI=1S/C40H36O7/c1-44-20-25(42)22-46-37-19-38(47-23-26(43)21-45-24-41)36(40-33-16-8-4-12-29(33)30-13-5-9-17-34(30)40)18-35(37)39-31-14-6-2-10-27(31)28-11-3-7-15-32(28)39/h2-19,24-26,39-40,42-43H,20-23H2,1H3. The molecule has 7 heteroatoms. The lowest BCUT2D eigenvalue weighted by atomic mass is 9.83. The van der Waals surface area contributed by atoms with Crippen molar-refractivity contribution in [2.24, 2.45) is 0 Å². The molecule has 238 valence electrons. The van der Waals surface area contributed by atoms with Crippen molar-refractivity contribution in [3.63, 3.8) is 0 Å². The van der Waals surface area contributed by atoms with Gasteiger partial charge in [-0.2, -0.15) is 0 Å². The van der Waals surface area contributed by atoms with Crippen LogP contribution in [0.25, 0.3) is 22.3 Å². The van der Waals surface area contributed by atoms with Gasteiger partial charge in [0.25, 0.3) is 6.47 Å². The van der Waals surface area contributed by atoms with Crippen molar-refractivity contribution in [2.45, 2.75) is 24.0 Å². The molecular weight excluding hydrogens is 592 g/mol. The van der Waals surface area contributed by atoms with E-state index in [-0.39, 0.29) is 38.3 Å². The van der Waals surface area contributed by atoms with E-state index in [1.165, 1.54) is 33.4 Å². The van der Waals surface area contributed by atoms with Crippen molar-refractivity contribution in [3.8, 4) is 33.8 Å². The molecule has 7 nitrogen and oxygen atoms in total. The zero-order chi connectivity index (χ0) is 32.3. The van der Waals surface area contributed by atoms with E-state index in [0.29, 0.717) is 18.0 Å². The summed E-state index contributed by atoms with van der Waals surface area (Å²) in [6.45, 7) is 0.167. The van der Waals surface area contributed by atoms with Crippen molar-refractivity contribution < 1.29 is 34.0 Å². The molecule has 0 saturated heterocycles. The smallest absolute Gasteiger partial charge is 0.293 e. The fraction of sp³-hybridized carbons (Fsp3) is 0.225. The number of carbonyl (C=O) groups excluding carboxylic acids is 1. The number of ether oxygens (including phenoxy) is 4. The Morgan fingerprint density at radius 2 is 0.936 bits per heavy atom. The van der Waals surface area contributed by atoms with E-state index in [1.807, 2.05) is 6.07 Å². The Labute approximate surface area is 274 Å². The van der Waals surface area contributed by atoms with Crippen LogP contribution >= 0.6 is 0 Å². The first-order valence-corrected chi connectivity index (χ1v) is 15.8. The maximum atomic E-state index is 10.8. The Bertz CT molecular complexity index is 1810. The molecule has 0 spiro atoms. The summed E-state index contributed by atoms with van der Waals surface area (Å²) in [5, 5.41) is 21.2. The van der Waals surface area contributed by atoms with Crippen LogP contribution in [0.2, 0.25) is 0 Å². The van der Waals surface area contributed by atoms with E-state index in [1.54, 1.807) is 7.11 Å². The number of benzene rings is 5. The first-order valence-electron chi connectivity index (χ1n) is 15.8. The second-order valence-electron chi connectivity index (χ2n) is 12.0. The third kappa shape index (κ3) is 5.78. The summed E-state index contributed by atoms with van der Waals surface area (Å²) < 4.78 is 22.8. The summed E-state index contributed by atoms with van der Waals surface area (Å²) in [6, 6.07) is 37.8. The molecule has 7 rings (SSSR count). The zero-order valence-corrected chi connectivity index (χ0v) is 26.0. The predicted octanol–water partition coefficient (Wildman–Crippen LogP) is 6.31. The molecule has 2 aliphatic carbocycles. The molecule has 5 aromatic carbocycles. The summed E-state index contributed by atoms with van der Waals surface area (Å²) >= 11 is 0. The number of fused-ring (bicyclic) bond motifs is 6. The molecule has 2 N–H and O–H groups in total. The maximum Gasteiger partial charge on any atom is 0.293 e. The van der Waals surface area contributed by atoms with Gasteiger partial charge in [0.05, 0.1) is 6.61 Å². The molecule has 2 atom stereocenters. The summed E-state index contributed by atoms with van der Waals surface area (Å²) in [7, 11) is 1.54. The quantitative estimate of drug-likeness (QED) is 0.145. The molecule has 0 fully saturated rings. The van der Waals surface area contributed by atoms with Crippen molar-refractivity contribution in [1.82, 2.24) is 0 Å². The van der Waals surface area contributed by atoms with Crippen molar-refractivity contribution >= 4 is 6.47 Å². The average Bonchev–Trinajstić information content (AvgIpc) is 3.62. The Hall–Kier alpha value is -4.95. The zero-order valence-electron chi connectivity index (χ0n) is 26.0. The number of aliphatic hydroxyl groups is 2. The molecule has 2 aliphatic rings. The first kappa shape index (κ1) is 30.7. The number of methoxy groups -OCH3 is 1. The lowest BCUT2D eigenvalue weighted by molar-refractivity contribution is -0.132. The molecule has 47 heavy (non-hydrogen) atoms. The van der Waals surface area contributed by atoms with Crippen LogP contribution in [0.1, 0.15) is 45.2 Å². The first-order chi connectivity index (χ1) is 23.1. The monoisotopic (exact) mass is 628 g/mol. The molecule has 0 saturated carbocycles. The second-order valence-corrected chi connectivity index (χ2v) is 12.0. The molecule has 0 aromatic heterocycles. The number of rotatable bonds is 13. The van der Waals surface area contributed by atoms with Gasteiger partial charge in [0, 0.05) is 36.1 Å². The minimum absolute atomic E-state index is 0.0144. The fourth-order valence-corrected chi connectivity index (χ4v) is 7.09. The van der Waals surface area contributed by atoms with Gasteiger partial charge in [-0.1, -0.05) is 97.1 Å². The van der Waals surface area contributed by atoms with Crippen LogP contribution in [-0.4, -0.2) is 62.4 Å². The fourth-order valence-electron chi connectivity index (χ4n) is 7.09. The van der Waals surface area contributed by atoms with E-state index in [9.17, 15) is 15.0 Å². The van der Waals surface area contributed by atoms with Gasteiger partial charge in [0.2, 0.25) is 0 Å². The van der Waals surface area contributed by atoms with Gasteiger partial charge in [-0.3, -0.25) is 4.79 Å². The Kier molecular flexibility index (Phi) is 8.76. The van der Waals surface area contributed by atoms with Gasteiger partial charge >= 0.3 is 0 Å². The topological polar surface area (TPSA) is 94.5 Å². The minimum Gasteiger partial charge on any atom is -0.490 e. The molecule has 0 radical (unpaired) electrons. The summed E-state index contributed by atoms with van der Waals surface area (Å²) in [6.07, 6.45) is -1.87. The van der Waals surface area contributed by atoms with E-state index in [4.69, 9.17) is 18.9 Å². The molecular formula is C40H36O7. The average molecular weight is 629 g/mol. The highest BCUT2D eigenvalue weighted by Gasteiger charge is 2.36. The molecule has 0 amide bonds. The largest absolute Gasteiger partial charge is 0.490 e. The van der Waals surface area contributed by atoms with Gasteiger partial charge in [0.15, 0.2) is 0 Å². The van der Waals surface area contributed by atoms with Crippen LogP contribution in [0.4, 0.5) is 0 Å². The Balaban J connectivity index is 1.43. The number of hydrogen-bond acceptors (Lipinski definition) is 7. The third-order valence-corrected chi connectivity index (χ3v) is 9.01. The predicted molar refractivity (Wildman–Crippen MR) is 179 cm³/mol.